The van der Waals surface area contributed by atoms with Gasteiger partial charge in [0.1, 0.15) is 0 Å². The number of carbonyl (C=O) groups is 2. The molecule has 0 saturated carbocycles. The van der Waals surface area contributed by atoms with Gasteiger partial charge in [0.15, 0.2) is 30.0 Å². The highest BCUT2D eigenvalue weighted by Crippen LogP contribution is 2.37. The molecule has 2 heterocycles. The number of nitrogens with zero attached hydrogens (tertiary/aromatic N) is 3. The Balaban J connectivity index is 2.17. The lowest BCUT2D eigenvalue weighted by Gasteiger charge is -2.39. The number of rotatable bonds is 4. The van der Waals surface area contributed by atoms with Gasteiger partial charge in [-0.15, -0.1) is 0 Å². The second-order valence-electron chi connectivity index (χ2n) is 7.41. The van der Waals surface area contributed by atoms with Crippen LogP contribution in [0.4, 0.5) is 0 Å². The maximum atomic E-state index is 12.4. The van der Waals surface area contributed by atoms with Crippen LogP contribution in [-0.4, -0.2) is 47.6 Å². The van der Waals surface area contributed by atoms with Crippen molar-refractivity contribution in [3.8, 4) is 0 Å². The highest BCUT2D eigenvalue weighted by Gasteiger charge is 2.42. The van der Waals surface area contributed by atoms with E-state index in [0.29, 0.717) is 0 Å². The van der Waals surface area contributed by atoms with Crippen molar-refractivity contribution < 1.29 is 14.0 Å². The molecule has 0 aliphatic carbocycles. The summed E-state index contributed by atoms with van der Waals surface area (Å²) in [7, 11) is -2.00. The summed E-state index contributed by atoms with van der Waals surface area (Å²) in [6.45, 7) is 12.6. The van der Waals surface area contributed by atoms with Crippen LogP contribution >= 0.6 is 23.2 Å². The van der Waals surface area contributed by atoms with E-state index in [0.717, 1.165) is 4.90 Å². The normalized spacial score (nSPS) is 16.6. The van der Waals surface area contributed by atoms with Crippen LogP contribution in [0.2, 0.25) is 28.4 Å². The fourth-order valence-electron chi connectivity index (χ4n) is 2.18. The molecule has 0 bridgehead atoms. The average Bonchev–Trinajstić information content (AvgIpc) is 2.63. The van der Waals surface area contributed by atoms with Gasteiger partial charge < -0.3 is 4.43 Å². The van der Waals surface area contributed by atoms with E-state index in [-0.39, 0.29) is 39.4 Å². The fourth-order valence-corrected chi connectivity index (χ4v) is 3.87. The molecule has 2 amide bonds. The monoisotopic (exact) mass is 389 g/mol. The summed E-state index contributed by atoms with van der Waals surface area (Å²) in [5.74, 6) is -1.04. The van der Waals surface area contributed by atoms with Gasteiger partial charge in [0.05, 0.1) is 12.6 Å². The predicted molar refractivity (Wildman–Crippen MR) is 95.2 cm³/mol. The summed E-state index contributed by atoms with van der Waals surface area (Å²) in [4.78, 5) is 33.7. The summed E-state index contributed by atoms with van der Waals surface area (Å²) in [6, 6.07) is 0. The molecule has 0 aromatic carbocycles. The molecule has 1 aromatic rings. The second-order valence-corrected chi connectivity index (χ2v) is 12.9. The molecule has 0 unspecified atom stereocenters. The van der Waals surface area contributed by atoms with E-state index in [1.54, 1.807) is 0 Å². The van der Waals surface area contributed by atoms with Gasteiger partial charge >= 0.3 is 0 Å². The van der Waals surface area contributed by atoms with Gasteiger partial charge in [0.25, 0.3) is 11.8 Å². The molecule has 1 aromatic heterocycles. The van der Waals surface area contributed by atoms with Gasteiger partial charge in [-0.25, -0.2) is 9.97 Å². The number of amides is 2. The molecule has 0 saturated heterocycles. The first-order valence-corrected chi connectivity index (χ1v) is 11.3. The van der Waals surface area contributed by atoms with Crippen molar-refractivity contribution >= 4 is 43.3 Å². The number of hydrogen-bond acceptors (Lipinski definition) is 5. The van der Waals surface area contributed by atoms with E-state index in [1.807, 2.05) is 6.92 Å². The van der Waals surface area contributed by atoms with Crippen LogP contribution in [0.15, 0.2) is 0 Å². The Bertz CT molecular complexity index is 663. The molecule has 132 valence electrons. The van der Waals surface area contributed by atoms with E-state index in [1.165, 1.54) is 0 Å². The van der Waals surface area contributed by atoms with Gasteiger partial charge in [-0.1, -0.05) is 44.0 Å². The van der Waals surface area contributed by atoms with Crippen molar-refractivity contribution in [1.82, 2.24) is 14.9 Å². The van der Waals surface area contributed by atoms with E-state index in [2.05, 4.69) is 43.8 Å². The molecule has 0 N–H and O–H groups in total. The summed E-state index contributed by atoms with van der Waals surface area (Å²) >= 11 is 11.6. The number of halogens is 2. The van der Waals surface area contributed by atoms with E-state index in [4.69, 9.17) is 27.6 Å². The summed E-state index contributed by atoms with van der Waals surface area (Å²) in [6.07, 6.45) is -0.293. The molecule has 2 rings (SSSR count). The van der Waals surface area contributed by atoms with Crippen molar-refractivity contribution in [1.29, 1.82) is 0 Å². The van der Waals surface area contributed by atoms with Crippen molar-refractivity contribution in [3.63, 3.8) is 0 Å². The van der Waals surface area contributed by atoms with Crippen molar-refractivity contribution in [3.05, 3.63) is 21.7 Å². The first-order chi connectivity index (χ1) is 10.8. The summed E-state index contributed by atoms with van der Waals surface area (Å²) < 4.78 is 6.21. The Hall–Kier alpha value is -1.02. The number of fused-ring (bicyclic) bond motifs is 1. The minimum atomic E-state index is -2.00. The SMILES string of the molecule is C[C@@H](CN1C(=O)c2nc(Cl)c(Cl)nc2C1=O)O[Si](C)(C)C(C)(C)C. The zero-order valence-electron chi connectivity index (χ0n) is 14.6. The Morgan fingerprint density at radius 3 is 1.88 bits per heavy atom. The minimum Gasteiger partial charge on any atom is -0.412 e. The van der Waals surface area contributed by atoms with Crippen LogP contribution in [-0.2, 0) is 4.43 Å². The maximum absolute atomic E-state index is 12.4. The van der Waals surface area contributed by atoms with Crippen LogP contribution in [0.25, 0.3) is 0 Å². The van der Waals surface area contributed by atoms with Gasteiger partial charge in [0, 0.05) is 0 Å². The Morgan fingerprint density at radius 2 is 1.50 bits per heavy atom. The molecule has 0 radical (unpaired) electrons. The number of hydrogen-bond donors (Lipinski definition) is 0. The fraction of sp³-hybridized carbons (Fsp3) is 0.600. The van der Waals surface area contributed by atoms with Gasteiger partial charge in [-0.2, -0.15) is 0 Å². The standard InChI is InChI=1S/C15H21Cl2N3O3Si/c1-8(23-24(5,6)15(2,3)4)7-20-13(21)9-10(14(20)22)19-12(17)11(16)18-9/h8H,7H2,1-6H3/t8-/m0/s1. The van der Waals surface area contributed by atoms with E-state index >= 15 is 0 Å². The zero-order chi connectivity index (χ0) is 18.4. The Morgan fingerprint density at radius 1 is 1.08 bits per heavy atom. The number of aromatic nitrogens is 2. The van der Waals surface area contributed by atoms with Crippen LogP contribution in [0, 0.1) is 0 Å². The molecule has 0 spiro atoms. The lowest BCUT2D eigenvalue weighted by molar-refractivity contribution is 0.0570. The van der Waals surface area contributed by atoms with Crippen LogP contribution in [0.3, 0.4) is 0 Å². The second kappa shape index (κ2) is 6.37. The van der Waals surface area contributed by atoms with Crippen molar-refractivity contribution in [2.75, 3.05) is 6.54 Å². The van der Waals surface area contributed by atoms with E-state index < -0.39 is 20.1 Å². The van der Waals surface area contributed by atoms with Gasteiger partial charge in [0.2, 0.25) is 0 Å². The topological polar surface area (TPSA) is 72.4 Å². The summed E-state index contributed by atoms with van der Waals surface area (Å²) in [5, 5.41) is -0.152. The lowest BCUT2D eigenvalue weighted by atomic mass is 10.2. The van der Waals surface area contributed by atoms with Crippen molar-refractivity contribution in [2.24, 2.45) is 0 Å². The molecule has 6 nitrogen and oxygen atoms in total. The minimum absolute atomic E-state index is 0.0351. The highest BCUT2D eigenvalue weighted by molar-refractivity contribution is 6.74. The molecular weight excluding hydrogens is 369 g/mol. The quantitative estimate of drug-likeness (QED) is 0.578. The van der Waals surface area contributed by atoms with Crippen LogP contribution in [0.1, 0.15) is 48.7 Å². The van der Waals surface area contributed by atoms with Crippen LogP contribution in [0.5, 0.6) is 0 Å². The lowest BCUT2D eigenvalue weighted by Crippen LogP contribution is -2.47. The smallest absolute Gasteiger partial charge is 0.281 e. The largest absolute Gasteiger partial charge is 0.412 e. The van der Waals surface area contributed by atoms with Gasteiger partial charge in [-0.3, -0.25) is 14.5 Å². The van der Waals surface area contributed by atoms with E-state index in [9.17, 15) is 9.59 Å². The molecule has 9 heteroatoms. The Kier molecular flexibility index (Phi) is 5.12. The third kappa shape index (κ3) is 3.49. The molecule has 1 aliphatic rings. The first-order valence-electron chi connectivity index (χ1n) is 7.62. The third-order valence-corrected chi connectivity index (χ3v) is 9.68. The zero-order valence-corrected chi connectivity index (χ0v) is 17.1. The Labute approximate surface area is 152 Å². The summed E-state index contributed by atoms with van der Waals surface area (Å²) in [5.41, 5.74) is -0.122. The molecule has 24 heavy (non-hydrogen) atoms. The maximum Gasteiger partial charge on any atom is 0.281 e. The molecule has 0 fully saturated rings. The first kappa shape index (κ1) is 19.3. The average molecular weight is 390 g/mol. The third-order valence-electron chi connectivity index (χ3n) is 4.45. The molecular formula is C15H21Cl2N3O3Si. The molecule has 1 atom stereocenters. The van der Waals surface area contributed by atoms with Crippen LogP contribution < -0.4 is 0 Å². The number of carbonyl (C=O) groups excluding carboxylic acids is 2. The predicted octanol–water partition coefficient (Wildman–Crippen LogP) is 3.79. The number of imide groups is 1. The van der Waals surface area contributed by atoms with Gasteiger partial charge in [-0.05, 0) is 25.1 Å². The highest BCUT2D eigenvalue weighted by atomic mass is 35.5. The van der Waals surface area contributed by atoms with Crippen molar-refractivity contribution in [2.45, 2.75) is 51.9 Å². The molecule has 1 aliphatic heterocycles.